The van der Waals surface area contributed by atoms with Gasteiger partial charge in [0.25, 0.3) is 0 Å². The van der Waals surface area contributed by atoms with Crippen molar-refractivity contribution in [2.75, 3.05) is 26.4 Å². The van der Waals surface area contributed by atoms with E-state index in [-0.39, 0.29) is 12.0 Å². The van der Waals surface area contributed by atoms with Gasteiger partial charge in [-0.05, 0) is 38.5 Å². The monoisotopic (exact) mass is 283 g/mol. The molecule has 0 saturated heterocycles. The van der Waals surface area contributed by atoms with Crippen LogP contribution in [-0.2, 0) is 16.0 Å². The summed E-state index contributed by atoms with van der Waals surface area (Å²) in [6, 6.07) is 5.34. The van der Waals surface area contributed by atoms with Crippen LogP contribution < -0.4 is 10.1 Å². The van der Waals surface area contributed by atoms with E-state index in [4.69, 9.17) is 14.2 Å². The Morgan fingerprint density at radius 1 is 1.10 bits per heavy atom. The third-order valence-corrected chi connectivity index (χ3v) is 2.67. The van der Waals surface area contributed by atoms with Crippen LogP contribution in [0, 0.1) is 0 Å². The van der Waals surface area contributed by atoms with Crippen LogP contribution in [0.1, 0.15) is 26.3 Å². The molecule has 2 N–H and O–H groups in total. The van der Waals surface area contributed by atoms with E-state index in [0.29, 0.717) is 38.7 Å². The molecule has 0 amide bonds. The first-order chi connectivity index (χ1) is 9.71. The zero-order valence-corrected chi connectivity index (χ0v) is 12.5. The fourth-order valence-corrected chi connectivity index (χ4v) is 1.81. The lowest BCUT2D eigenvalue weighted by Crippen LogP contribution is -2.31. The van der Waals surface area contributed by atoms with Gasteiger partial charge in [0, 0.05) is 26.3 Å². The minimum absolute atomic E-state index is 0.164. The van der Waals surface area contributed by atoms with Crippen LogP contribution in [-0.4, -0.2) is 37.8 Å². The zero-order chi connectivity index (χ0) is 14.8. The molecule has 0 radical (unpaired) electrons. The normalized spacial score (nSPS) is 11.0. The zero-order valence-electron chi connectivity index (χ0n) is 12.5. The Kier molecular flexibility index (Phi) is 8.02. The SMILES string of the molecule is CCOc1cc(CNCC(OCC)OCC)ccc1O. The summed E-state index contributed by atoms with van der Waals surface area (Å²) in [5.41, 5.74) is 1.04. The van der Waals surface area contributed by atoms with Crippen molar-refractivity contribution in [1.29, 1.82) is 0 Å². The molecular weight excluding hydrogens is 258 g/mol. The molecule has 0 unspecified atom stereocenters. The summed E-state index contributed by atoms with van der Waals surface area (Å²) in [5.74, 6) is 0.676. The molecule has 1 rings (SSSR count). The standard InChI is InChI=1S/C15H25NO4/c1-4-18-14-9-12(7-8-13(14)17)10-16-11-15(19-5-2)20-6-3/h7-9,15-17H,4-6,10-11H2,1-3H3. The number of rotatable bonds is 10. The summed E-state index contributed by atoms with van der Waals surface area (Å²) in [6.07, 6.45) is -0.228. The van der Waals surface area contributed by atoms with Gasteiger partial charge in [0.2, 0.25) is 0 Å². The number of hydrogen-bond acceptors (Lipinski definition) is 5. The van der Waals surface area contributed by atoms with Crippen molar-refractivity contribution in [3.8, 4) is 11.5 Å². The van der Waals surface area contributed by atoms with E-state index >= 15 is 0 Å². The van der Waals surface area contributed by atoms with E-state index in [1.807, 2.05) is 32.9 Å². The number of aromatic hydroxyl groups is 1. The summed E-state index contributed by atoms with van der Waals surface area (Å²) in [4.78, 5) is 0. The van der Waals surface area contributed by atoms with Gasteiger partial charge >= 0.3 is 0 Å². The largest absolute Gasteiger partial charge is 0.504 e. The smallest absolute Gasteiger partial charge is 0.169 e. The Hall–Kier alpha value is -1.30. The first-order valence-electron chi connectivity index (χ1n) is 7.09. The number of benzene rings is 1. The van der Waals surface area contributed by atoms with Gasteiger partial charge in [0.15, 0.2) is 17.8 Å². The average molecular weight is 283 g/mol. The fraction of sp³-hybridized carbons (Fsp3) is 0.600. The summed E-state index contributed by atoms with van der Waals surface area (Å²) >= 11 is 0. The van der Waals surface area contributed by atoms with Crippen molar-refractivity contribution >= 4 is 0 Å². The molecule has 0 saturated carbocycles. The van der Waals surface area contributed by atoms with Crippen LogP contribution in [0.4, 0.5) is 0 Å². The minimum Gasteiger partial charge on any atom is -0.504 e. The van der Waals surface area contributed by atoms with Gasteiger partial charge in [-0.15, -0.1) is 0 Å². The Bertz CT molecular complexity index is 378. The molecule has 0 fully saturated rings. The second-order valence-electron chi connectivity index (χ2n) is 4.21. The molecule has 0 aliphatic heterocycles. The molecule has 20 heavy (non-hydrogen) atoms. The Balaban J connectivity index is 2.46. The number of hydrogen-bond donors (Lipinski definition) is 2. The highest BCUT2D eigenvalue weighted by Crippen LogP contribution is 2.26. The van der Waals surface area contributed by atoms with Crippen LogP contribution >= 0.6 is 0 Å². The minimum atomic E-state index is -0.228. The molecule has 0 bridgehead atoms. The summed E-state index contributed by atoms with van der Waals surface area (Å²) in [7, 11) is 0. The van der Waals surface area contributed by atoms with Crippen molar-refractivity contribution in [2.45, 2.75) is 33.6 Å². The fourth-order valence-electron chi connectivity index (χ4n) is 1.81. The highest BCUT2D eigenvalue weighted by Gasteiger charge is 2.08. The van der Waals surface area contributed by atoms with Crippen molar-refractivity contribution in [3.05, 3.63) is 23.8 Å². The van der Waals surface area contributed by atoms with E-state index in [9.17, 15) is 5.11 Å². The van der Waals surface area contributed by atoms with Crippen molar-refractivity contribution < 1.29 is 19.3 Å². The lowest BCUT2D eigenvalue weighted by atomic mass is 10.2. The highest BCUT2D eigenvalue weighted by atomic mass is 16.7. The second-order valence-corrected chi connectivity index (χ2v) is 4.21. The Labute approximate surface area is 120 Å². The number of ether oxygens (including phenoxy) is 3. The van der Waals surface area contributed by atoms with Crippen molar-refractivity contribution in [2.24, 2.45) is 0 Å². The third-order valence-electron chi connectivity index (χ3n) is 2.67. The third kappa shape index (κ3) is 5.77. The molecule has 0 aliphatic rings. The van der Waals surface area contributed by atoms with Gasteiger partial charge in [0.05, 0.1) is 6.61 Å². The Morgan fingerprint density at radius 2 is 1.80 bits per heavy atom. The van der Waals surface area contributed by atoms with Gasteiger partial charge in [0.1, 0.15) is 0 Å². The molecule has 0 spiro atoms. The maximum atomic E-state index is 9.63. The number of phenols is 1. The van der Waals surface area contributed by atoms with Gasteiger partial charge < -0.3 is 24.6 Å². The van der Waals surface area contributed by atoms with E-state index < -0.39 is 0 Å². The van der Waals surface area contributed by atoms with E-state index in [0.717, 1.165) is 5.56 Å². The number of nitrogens with one attached hydrogen (secondary N) is 1. The summed E-state index contributed by atoms with van der Waals surface area (Å²) in [6.45, 7) is 8.84. The first-order valence-corrected chi connectivity index (χ1v) is 7.09. The van der Waals surface area contributed by atoms with E-state index in [2.05, 4.69) is 5.32 Å². The molecule has 0 heterocycles. The maximum absolute atomic E-state index is 9.63. The van der Waals surface area contributed by atoms with Crippen molar-refractivity contribution in [3.63, 3.8) is 0 Å². The lowest BCUT2D eigenvalue weighted by Gasteiger charge is -2.17. The van der Waals surface area contributed by atoms with Crippen LogP contribution in [0.15, 0.2) is 18.2 Å². The topological polar surface area (TPSA) is 60.0 Å². The van der Waals surface area contributed by atoms with Crippen LogP contribution in [0.2, 0.25) is 0 Å². The maximum Gasteiger partial charge on any atom is 0.169 e. The van der Waals surface area contributed by atoms with Crippen molar-refractivity contribution in [1.82, 2.24) is 5.32 Å². The molecule has 5 heteroatoms. The molecule has 1 aromatic carbocycles. The van der Waals surface area contributed by atoms with Gasteiger partial charge in [-0.2, -0.15) is 0 Å². The molecule has 0 aliphatic carbocycles. The molecule has 0 aromatic heterocycles. The quantitative estimate of drug-likeness (QED) is 0.645. The molecule has 114 valence electrons. The van der Waals surface area contributed by atoms with E-state index in [1.54, 1.807) is 6.07 Å². The summed E-state index contributed by atoms with van der Waals surface area (Å²) in [5, 5.41) is 12.9. The molecular formula is C15H25NO4. The van der Waals surface area contributed by atoms with Gasteiger partial charge in [-0.3, -0.25) is 0 Å². The van der Waals surface area contributed by atoms with Crippen LogP contribution in [0.3, 0.4) is 0 Å². The molecule has 1 aromatic rings. The predicted molar refractivity (Wildman–Crippen MR) is 78.0 cm³/mol. The van der Waals surface area contributed by atoms with Crippen LogP contribution in [0.5, 0.6) is 11.5 Å². The van der Waals surface area contributed by atoms with Crippen LogP contribution in [0.25, 0.3) is 0 Å². The van der Waals surface area contributed by atoms with Gasteiger partial charge in [-0.1, -0.05) is 6.07 Å². The average Bonchev–Trinajstić information content (AvgIpc) is 2.43. The highest BCUT2D eigenvalue weighted by molar-refractivity contribution is 5.41. The molecule has 5 nitrogen and oxygen atoms in total. The Morgan fingerprint density at radius 3 is 2.40 bits per heavy atom. The van der Waals surface area contributed by atoms with E-state index in [1.165, 1.54) is 0 Å². The first kappa shape index (κ1) is 16.8. The predicted octanol–water partition coefficient (Wildman–Crippen LogP) is 2.28. The number of phenolic OH excluding ortho intramolecular Hbond substituents is 1. The second kappa shape index (κ2) is 9.58. The summed E-state index contributed by atoms with van der Waals surface area (Å²) < 4.78 is 16.3. The molecule has 0 atom stereocenters. The van der Waals surface area contributed by atoms with Gasteiger partial charge in [-0.25, -0.2) is 0 Å². The lowest BCUT2D eigenvalue weighted by molar-refractivity contribution is -0.133.